The molecule has 29 heavy (non-hydrogen) atoms. The summed E-state index contributed by atoms with van der Waals surface area (Å²) in [5, 5.41) is 5.22. The molecule has 3 aliphatic heterocycles. The summed E-state index contributed by atoms with van der Waals surface area (Å²) in [6.07, 6.45) is 2.96. The molecule has 0 radical (unpaired) electrons. The summed E-state index contributed by atoms with van der Waals surface area (Å²) in [7, 11) is 0. The van der Waals surface area contributed by atoms with E-state index in [1.807, 2.05) is 17.5 Å². The van der Waals surface area contributed by atoms with Crippen LogP contribution >= 0.6 is 11.3 Å². The smallest absolute Gasteiger partial charge is 0.242 e. The lowest BCUT2D eigenvalue weighted by atomic mass is 9.79. The lowest BCUT2D eigenvalue weighted by Crippen LogP contribution is -2.53. The third kappa shape index (κ3) is 5.17. The summed E-state index contributed by atoms with van der Waals surface area (Å²) in [4.78, 5) is 30.7. The van der Waals surface area contributed by atoms with Crippen LogP contribution in [0.3, 0.4) is 0 Å². The van der Waals surface area contributed by atoms with Gasteiger partial charge in [-0.1, -0.05) is 6.07 Å². The van der Waals surface area contributed by atoms with Crippen LogP contribution in [0.2, 0.25) is 0 Å². The van der Waals surface area contributed by atoms with Crippen molar-refractivity contribution in [3.8, 4) is 0 Å². The van der Waals surface area contributed by atoms with E-state index in [2.05, 4.69) is 10.2 Å². The standard InChI is InChI=1S/C21H31N3O4S/c25-19-4-3-18(24(19)14-17-2-1-13-29-17)20(26)22-15-21(5-9-27-10-6-21)16-23-7-11-28-12-8-23/h1-2,13,18H,3-12,14-16H2,(H,22,26). The highest BCUT2D eigenvalue weighted by Crippen LogP contribution is 2.32. The van der Waals surface area contributed by atoms with Crippen LogP contribution in [0.25, 0.3) is 0 Å². The number of carbonyl (C=O) groups is 2. The largest absolute Gasteiger partial charge is 0.381 e. The Balaban J connectivity index is 1.37. The molecule has 3 aliphatic rings. The zero-order valence-electron chi connectivity index (χ0n) is 16.9. The van der Waals surface area contributed by atoms with Gasteiger partial charge in [0.05, 0.1) is 19.8 Å². The molecule has 0 spiro atoms. The van der Waals surface area contributed by atoms with Gasteiger partial charge in [-0.05, 0) is 30.7 Å². The lowest BCUT2D eigenvalue weighted by molar-refractivity contribution is -0.136. The molecule has 4 heterocycles. The Hall–Kier alpha value is -1.48. The lowest BCUT2D eigenvalue weighted by Gasteiger charge is -2.42. The molecule has 4 rings (SSSR count). The van der Waals surface area contributed by atoms with Crippen molar-refractivity contribution in [2.75, 3.05) is 52.6 Å². The number of morpholine rings is 1. The Labute approximate surface area is 176 Å². The Morgan fingerprint density at radius 2 is 1.97 bits per heavy atom. The van der Waals surface area contributed by atoms with Crippen molar-refractivity contribution < 1.29 is 19.1 Å². The van der Waals surface area contributed by atoms with Crippen LogP contribution in [0.5, 0.6) is 0 Å². The van der Waals surface area contributed by atoms with Crippen molar-refractivity contribution in [3.63, 3.8) is 0 Å². The van der Waals surface area contributed by atoms with E-state index < -0.39 is 0 Å². The number of nitrogens with one attached hydrogen (secondary N) is 1. The molecule has 0 bridgehead atoms. The molecular formula is C21H31N3O4S. The zero-order valence-corrected chi connectivity index (χ0v) is 17.8. The number of likely N-dealkylation sites (tertiary alicyclic amines) is 1. The van der Waals surface area contributed by atoms with Crippen LogP contribution in [-0.4, -0.2) is 80.3 Å². The highest BCUT2D eigenvalue weighted by molar-refractivity contribution is 7.09. The molecule has 1 atom stereocenters. The van der Waals surface area contributed by atoms with Gasteiger partial charge in [-0.25, -0.2) is 0 Å². The highest BCUT2D eigenvalue weighted by Gasteiger charge is 2.39. The molecule has 1 unspecified atom stereocenters. The van der Waals surface area contributed by atoms with Gasteiger partial charge in [-0.3, -0.25) is 14.5 Å². The molecule has 0 aliphatic carbocycles. The zero-order chi connectivity index (χ0) is 20.1. The fourth-order valence-corrected chi connectivity index (χ4v) is 5.30. The van der Waals surface area contributed by atoms with E-state index >= 15 is 0 Å². The minimum absolute atomic E-state index is 0.0137. The maximum atomic E-state index is 13.0. The molecule has 8 heteroatoms. The molecule has 0 saturated carbocycles. The number of carbonyl (C=O) groups excluding carboxylic acids is 2. The predicted octanol–water partition coefficient (Wildman–Crippen LogP) is 1.48. The fourth-order valence-electron chi connectivity index (χ4n) is 4.60. The second kappa shape index (κ2) is 9.55. The minimum Gasteiger partial charge on any atom is -0.381 e. The topological polar surface area (TPSA) is 71.1 Å². The van der Waals surface area contributed by atoms with Crippen molar-refractivity contribution in [1.82, 2.24) is 15.1 Å². The second-order valence-corrected chi connectivity index (χ2v) is 9.41. The molecule has 1 aromatic rings. The highest BCUT2D eigenvalue weighted by atomic mass is 32.1. The van der Waals surface area contributed by atoms with Crippen molar-refractivity contribution in [2.45, 2.75) is 38.3 Å². The summed E-state index contributed by atoms with van der Waals surface area (Å²) >= 11 is 1.63. The number of nitrogens with zero attached hydrogens (tertiary/aromatic N) is 2. The average molecular weight is 422 g/mol. The summed E-state index contributed by atoms with van der Waals surface area (Å²) in [6, 6.07) is 3.64. The first-order valence-corrected chi connectivity index (χ1v) is 11.5. The van der Waals surface area contributed by atoms with Gasteiger partial charge in [-0.2, -0.15) is 0 Å². The third-order valence-electron chi connectivity index (χ3n) is 6.39. The maximum absolute atomic E-state index is 13.0. The van der Waals surface area contributed by atoms with Crippen LogP contribution in [0.1, 0.15) is 30.6 Å². The van der Waals surface area contributed by atoms with Crippen molar-refractivity contribution >= 4 is 23.2 Å². The number of hydrogen-bond donors (Lipinski definition) is 1. The van der Waals surface area contributed by atoms with Gasteiger partial charge in [-0.15, -0.1) is 11.3 Å². The van der Waals surface area contributed by atoms with E-state index in [0.29, 0.717) is 25.9 Å². The number of hydrogen-bond acceptors (Lipinski definition) is 6. The van der Waals surface area contributed by atoms with E-state index in [1.165, 1.54) is 0 Å². The number of amides is 2. The number of ether oxygens (including phenoxy) is 2. The Morgan fingerprint density at radius 3 is 2.69 bits per heavy atom. The summed E-state index contributed by atoms with van der Waals surface area (Å²) < 4.78 is 11.1. The summed E-state index contributed by atoms with van der Waals surface area (Å²) in [6.45, 7) is 7.07. The molecule has 160 valence electrons. The average Bonchev–Trinajstić information content (AvgIpc) is 3.38. The summed E-state index contributed by atoms with van der Waals surface area (Å²) in [5.41, 5.74) is 0.0342. The molecule has 1 N–H and O–H groups in total. The monoisotopic (exact) mass is 421 g/mol. The van der Waals surface area contributed by atoms with E-state index in [-0.39, 0.29) is 23.3 Å². The fraction of sp³-hybridized carbons (Fsp3) is 0.714. The van der Waals surface area contributed by atoms with Gasteiger partial charge in [0.1, 0.15) is 6.04 Å². The number of thiophene rings is 1. The number of rotatable bonds is 7. The molecule has 3 saturated heterocycles. The van der Waals surface area contributed by atoms with Crippen LogP contribution in [0.15, 0.2) is 17.5 Å². The van der Waals surface area contributed by atoms with Gasteiger partial charge in [0.15, 0.2) is 0 Å². The quantitative estimate of drug-likeness (QED) is 0.722. The van der Waals surface area contributed by atoms with Gasteiger partial charge >= 0.3 is 0 Å². The first-order valence-electron chi connectivity index (χ1n) is 10.6. The van der Waals surface area contributed by atoms with Crippen molar-refractivity contribution in [2.24, 2.45) is 5.41 Å². The second-order valence-electron chi connectivity index (χ2n) is 8.37. The molecule has 1 aromatic heterocycles. The van der Waals surface area contributed by atoms with Gasteiger partial charge < -0.3 is 19.7 Å². The molecule has 2 amide bonds. The van der Waals surface area contributed by atoms with Crippen LogP contribution < -0.4 is 5.32 Å². The molecule has 7 nitrogen and oxygen atoms in total. The van der Waals surface area contributed by atoms with E-state index in [9.17, 15) is 9.59 Å². The summed E-state index contributed by atoms with van der Waals surface area (Å²) in [5.74, 6) is 0.0629. The van der Waals surface area contributed by atoms with Gasteiger partial charge in [0, 0.05) is 56.1 Å². The Bertz CT molecular complexity index is 684. The van der Waals surface area contributed by atoms with E-state index in [4.69, 9.17) is 9.47 Å². The SMILES string of the molecule is O=C(NCC1(CN2CCOCC2)CCOCC1)C1CCC(=O)N1Cc1cccs1. The molecule has 0 aromatic carbocycles. The Morgan fingerprint density at radius 1 is 1.21 bits per heavy atom. The van der Waals surface area contributed by atoms with Crippen LogP contribution in [-0.2, 0) is 25.6 Å². The first kappa shape index (κ1) is 20.8. The molecular weight excluding hydrogens is 390 g/mol. The Kier molecular flexibility index (Phi) is 6.85. The van der Waals surface area contributed by atoms with Crippen LogP contribution in [0.4, 0.5) is 0 Å². The normalized spacial score (nSPS) is 25.3. The van der Waals surface area contributed by atoms with E-state index in [0.717, 1.165) is 63.8 Å². The third-order valence-corrected chi connectivity index (χ3v) is 7.25. The maximum Gasteiger partial charge on any atom is 0.242 e. The van der Waals surface area contributed by atoms with Crippen molar-refractivity contribution in [1.29, 1.82) is 0 Å². The van der Waals surface area contributed by atoms with Crippen molar-refractivity contribution in [3.05, 3.63) is 22.4 Å². The van der Waals surface area contributed by atoms with Crippen LogP contribution in [0, 0.1) is 5.41 Å². The first-order chi connectivity index (χ1) is 14.2. The molecule has 3 fully saturated rings. The van der Waals surface area contributed by atoms with Gasteiger partial charge in [0.25, 0.3) is 0 Å². The predicted molar refractivity (Wildman–Crippen MR) is 111 cm³/mol. The van der Waals surface area contributed by atoms with Gasteiger partial charge in [0.2, 0.25) is 11.8 Å². The minimum atomic E-state index is -0.357. The van der Waals surface area contributed by atoms with E-state index in [1.54, 1.807) is 16.2 Å².